The highest BCUT2D eigenvalue weighted by atomic mass is 16.1. The Labute approximate surface area is 68.6 Å². The molecular formula is C9H17NO. The van der Waals surface area contributed by atoms with E-state index < -0.39 is 0 Å². The van der Waals surface area contributed by atoms with Crippen molar-refractivity contribution in [2.75, 3.05) is 20.6 Å². The summed E-state index contributed by atoms with van der Waals surface area (Å²) in [6.45, 7) is 2.77. The Morgan fingerprint density at radius 1 is 1.45 bits per heavy atom. The first kappa shape index (κ1) is 8.72. The Kier molecular flexibility index (Phi) is 2.33. The molecular weight excluding hydrogens is 138 g/mol. The molecule has 0 aromatic heterocycles. The summed E-state index contributed by atoms with van der Waals surface area (Å²) in [6.07, 6.45) is 3.29. The van der Waals surface area contributed by atoms with Gasteiger partial charge in [-0.1, -0.05) is 0 Å². The van der Waals surface area contributed by atoms with E-state index in [1.165, 1.54) is 0 Å². The molecule has 1 aliphatic rings. The van der Waals surface area contributed by atoms with Gasteiger partial charge < -0.3 is 4.90 Å². The second-order valence-electron chi connectivity index (χ2n) is 3.89. The fraction of sp³-hybridized carbons (Fsp3) is 0.889. The molecule has 1 aliphatic carbocycles. The van der Waals surface area contributed by atoms with Gasteiger partial charge in [0.25, 0.3) is 0 Å². The molecule has 0 saturated heterocycles. The van der Waals surface area contributed by atoms with E-state index in [9.17, 15) is 4.79 Å². The topological polar surface area (TPSA) is 20.3 Å². The number of hydrogen-bond donors (Lipinski definition) is 0. The van der Waals surface area contributed by atoms with Crippen molar-refractivity contribution in [2.24, 2.45) is 5.41 Å². The second kappa shape index (κ2) is 2.94. The Morgan fingerprint density at radius 3 is 2.27 bits per heavy atom. The van der Waals surface area contributed by atoms with E-state index in [2.05, 4.69) is 19.0 Å². The Balaban J connectivity index is 2.31. The first-order valence-corrected chi connectivity index (χ1v) is 4.23. The third kappa shape index (κ3) is 2.03. The largest absolute Gasteiger partial charge is 0.309 e. The zero-order chi connectivity index (χ0) is 8.48. The number of ketones is 1. The van der Waals surface area contributed by atoms with Crippen LogP contribution in [0.1, 0.15) is 26.2 Å². The Morgan fingerprint density at radius 2 is 2.00 bits per heavy atom. The number of carbonyl (C=O) groups is 1. The van der Waals surface area contributed by atoms with Crippen LogP contribution in [0.25, 0.3) is 0 Å². The summed E-state index contributed by atoms with van der Waals surface area (Å²) in [4.78, 5) is 13.3. The molecule has 0 amide bonds. The molecule has 1 fully saturated rings. The highest BCUT2D eigenvalue weighted by Crippen LogP contribution is 2.49. The van der Waals surface area contributed by atoms with Gasteiger partial charge in [0.1, 0.15) is 5.78 Å². The molecule has 0 N–H and O–H groups in total. The van der Waals surface area contributed by atoms with Gasteiger partial charge in [-0.15, -0.1) is 0 Å². The number of carbonyl (C=O) groups excluding carboxylic acids is 1. The van der Waals surface area contributed by atoms with Crippen molar-refractivity contribution in [2.45, 2.75) is 26.2 Å². The van der Waals surface area contributed by atoms with E-state index in [0.29, 0.717) is 5.78 Å². The van der Waals surface area contributed by atoms with Crippen LogP contribution >= 0.6 is 0 Å². The molecule has 0 atom stereocenters. The van der Waals surface area contributed by atoms with Crippen molar-refractivity contribution in [1.82, 2.24) is 4.90 Å². The molecule has 1 saturated carbocycles. The van der Waals surface area contributed by atoms with Crippen LogP contribution in [-0.4, -0.2) is 31.3 Å². The van der Waals surface area contributed by atoms with Crippen molar-refractivity contribution < 1.29 is 4.79 Å². The van der Waals surface area contributed by atoms with Gasteiger partial charge in [-0.25, -0.2) is 0 Å². The van der Waals surface area contributed by atoms with Crippen molar-refractivity contribution in [3.8, 4) is 0 Å². The standard InChI is InChI=1S/C9H17NO/c1-8(11)9(4-5-9)6-7-10(2)3/h4-7H2,1-3H3. The van der Waals surface area contributed by atoms with Crippen molar-refractivity contribution in [1.29, 1.82) is 0 Å². The highest BCUT2D eigenvalue weighted by molar-refractivity contribution is 5.84. The van der Waals surface area contributed by atoms with E-state index in [-0.39, 0.29) is 5.41 Å². The van der Waals surface area contributed by atoms with Crippen LogP contribution in [0.4, 0.5) is 0 Å². The lowest BCUT2D eigenvalue weighted by Crippen LogP contribution is -2.21. The van der Waals surface area contributed by atoms with Crippen molar-refractivity contribution in [3.63, 3.8) is 0 Å². The van der Waals surface area contributed by atoms with Crippen LogP contribution in [-0.2, 0) is 4.79 Å². The minimum Gasteiger partial charge on any atom is -0.309 e. The number of Topliss-reactive ketones (excluding diaryl/α,β-unsaturated/α-hetero) is 1. The van der Waals surface area contributed by atoms with Gasteiger partial charge in [0.2, 0.25) is 0 Å². The lowest BCUT2D eigenvalue weighted by molar-refractivity contribution is -0.122. The molecule has 0 aromatic rings. The molecule has 1 rings (SSSR count). The van der Waals surface area contributed by atoms with Gasteiger partial charge in [0.15, 0.2) is 0 Å². The van der Waals surface area contributed by atoms with Gasteiger partial charge in [0, 0.05) is 5.41 Å². The molecule has 2 heteroatoms. The third-order valence-electron chi connectivity index (χ3n) is 2.64. The average Bonchev–Trinajstić information content (AvgIpc) is 2.63. The second-order valence-corrected chi connectivity index (χ2v) is 3.89. The molecule has 0 bridgehead atoms. The Bertz CT molecular complexity index is 159. The molecule has 0 aromatic carbocycles. The van der Waals surface area contributed by atoms with Gasteiger partial charge >= 0.3 is 0 Å². The van der Waals surface area contributed by atoms with E-state index in [4.69, 9.17) is 0 Å². The molecule has 11 heavy (non-hydrogen) atoms. The molecule has 0 radical (unpaired) electrons. The SMILES string of the molecule is CC(=O)C1(CCN(C)C)CC1. The average molecular weight is 155 g/mol. The van der Waals surface area contributed by atoms with Crippen LogP contribution in [0, 0.1) is 5.41 Å². The summed E-state index contributed by atoms with van der Waals surface area (Å²) >= 11 is 0. The van der Waals surface area contributed by atoms with Crippen LogP contribution in [0.2, 0.25) is 0 Å². The minimum absolute atomic E-state index is 0.101. The smallest absolute Gasteiger partial charge is 0.136 e. The molecule has 2 nitrogen and oxygen atoms in total. The zero-order valence-corrected chi connectivity index (χ0v) is 7.68. The summed E-state index contributed by atoms with van der Waals surface area (Å²) in [5.74, 6) is 0.388. The van der Waals surface area contributed by atoms with E-state index >= 15 is 0 Å². The van der Waals surface area contributed by atoms with Crippen molar-refractivity contribution in [3.05, 3.63) is 0 Å². The number of rotatable bonds is 4. The maximum atomic E-state index is 11.1. The molecule has 64 valence electrons. The molecule has 0 spiro atoms. The first-order chi connectivity index (χ1) is 5.07. The van der Waals surface area contributed by atoms with Gasteiger partial charge in [-0.2, -0.15) is 0 Å². The van der Waals surface area contributed by atoms with Crippen LogP contribution < -0.4 is 0 Å². The lowest BCUT2D eigenvalue weighted by atomic mass is 9.98. The summed E-state index contributed by atoms with van der Waals surface area (Å²) in [7, 11) is 4.10. The van der Waals surface area contributed by atoms with Crippen molar-refractivity contribution >= 4 is 5.78 Å². The minimum atomic E-state index is 0.101. The highest BCUT2D eigenvalue weighted by Gasteiger charge is 2.46. The monoisotopic (exact) mass is 155 g/mol. The predicted molar refractivity (Wildman–Crippen MR) is 45.5 cm³/mol. The number of nitrogens with zero attached hydrogens (tertiary/aromatic N) is 1. The maximum Gasteiger partial charge on any atom is 0.136 e. The van der Waals surface area contributed by atoms with Gasteiger partial charge in [-0.05, 0) is 46.8 Å². The van der Waals surface area contributed by atoms with E-state index in [1.54, 1.807) is 6.92 Å². The van der Waals surface area contributed by atoms with Crippen LogP contribution in [0.15, 0.2) is 0 Å². The summed E-state index contributed by atoms with van der Waals surface area (Å²) in [5.41, 5.74) is 0.101. The third-order valence-corrected chi connectivity index (χ3v) is 2.64. The van der Waals surface area contributed by atoms with Gasteiger partial charge in [-0.3, -0.25) is 4.79 Å². The number of hydrogen-bond acceptors (Lipinski definition) is 2. The Hall–Kier alpha value is -0.370. The van der Waals surface area contributed by atoms with E-state index in [0.717, 1.165) is 25.8 Å². The zero-order valence-electron chi connectivity index (χ0n) is 7.68. The summed E-state index contributed by atoms with van der Waals surface area (Å²) in [5, 5.41) is 0. The maximum absolute atomic E-state index is 11.1. The van der Waals surface area contributed by atoms with Gasteiger partial charge in [0.05, 0.1) is 0 Å². The van der Waals surface area contributed by atoms with Crippen LogP contribution in [0.3, 0.4) is 0 Å². The summed E-state index contributed by atoms with van der Waals surface area (Å²) < 4.78 is 0. The molecule has 0 heterocycles. The fourth-order valence-electron chi connectivity index (χ4n) is 1.37. The quantitative estimate of drug-likeness (QED) is 0.610. The first-order valence-electron chi connectivity index (χ1n) is 4.23. The fourth-order valence-corrected chi connectivity index (χ4v) is 1.37. The molecule has 0 aliphatic heterocycles. The lowest BCUT2D eigenvalue weighted by Gasteiger charge is -2.14. The molecule has 0 unspecified atom stereocenters. The van der Waals surface area contributed by atoms with E-state index in [1.807, 2.05) is 0 Å². The normalized spacial score (nSPS) is 20.4. The predicted octanol–water partition coefficient (Wildman–Crippen LogP) is 1.31. The summed E-state index contributed by atoms with van der Waals surface area (Å²) in [6, 6.07) is 0. The van der Waals surface area contributed by atoms with Crippen LogP contribution in [0.5, 0.6) is 0 Å².